The molecule has 0 saturated carbocycles. The van der Waals surface area contributed by atoms with Crippen LogP contribution in [-0.2, 0) is 15.7 Å². The molecule has 11 heteroatoms. The lowest BCUT2D eigenvalue weighted by Crippen LogP contribution is -2.26. The topological polar surface area (TPSA) is 90.7 Å². The van der Waals surface area contributed by atoms with Crippen molar-refractivity contribution in [3.8, 4) is 23.1 Å². The van der Waals surface area contributed by atoms with E-state index in [4.69, 9.17) is 14.2 Å². The van der Waals surface area contributed by atoms with Gasteiger partial charge in [0.05, 0.1) is 36.7 Å². The zero-order chi connectivity index (χ0) is 25.4. The van der Waals surface area contributed by atoms with E-state index < -0.39 is 17.8 Å². The molecule has 190 valence electrons. The number of anilines is 1. The minimum absolute atomic E-state index is 0.0360. The highest BCUT2D eigenvalue weighted by atomic mass is 19.4. The van der Waals surface area contributed by atoms with Crippen molar-refractivity contribution in [2.75, 3.05) is 38.8 Å². The quantitative estimate of drug-likeness (QED) is 0.365. The zero-order valence-corrected chi connectivity index (χ0v) is 19.7. The van der Waals surface area contributed by atoms with Gasteiger partial charge in [-0.2, -0.15) is 18.2 Å². The average molecular weight is 495 g/mol. The summed E-state index contributed by atoms with van der Waals surface area (Å²) in [6.45, 7) is 4.89. The summed E-state index contributed by atoms with van der Waals surface area (Å²) in [5.74, 6) is 0.327. The summed E-state index contributed by atoms with van der Waals surface area (Å²) in [4.78, 5) is 4.37. The van der Waals surface area contributed by atoms with Crippen molar-refractivity contribution in [1.29, 1.82) is 0 Å². The van der Waals surface area contributed by atoms with Gasteiger partial charge in [0.15, 0.2) is 5.82 Å². The van der Waals surface area contributed by atoms with E-state index in [1.54, 1.807) is 24.3 Å². The summed E-state index contributed by atoms with van der Waals surface area (Å²) in [6.07, 6.45) is -5.06. The lowest BCUT2D eigenvalue weighted by atomic mass is 10.1. The number of methoxy groups -OCH3 is 1. The summed E-state index contributed by atoms with van der Waals surface area (Å²) in [5, 5.41) is 17.5. The van der Waals surface area contributed by atoms with Crippen LogP contribution in [0.4, 0.5) is 18.9 Å². The van der Waals surface area contributed by atoms with Crippen molar-refractivity contribution in [3.05, 3.63) is 54.1 Å². The minimum atomic E-state index is -4.43. The van der Waals surface area contributed by atoms with Gasteiger partial charge < -0.3 is 24.6 Å². The lowest BCUT2D eigenvalue weighted by Gasteiger charge is -2.15. The van der Waals surface area contributed by atoms with Gasteiger partial charge in [-0.05, 0) is 50.2 Å². The number of hydrogen-bond acceptors (Lipinski definition) is 7. The van der Waals surface area contributed by atoms with Crippen LogP contribution in [0.2, 0.25) is 0 Å². The van der Waals surface area contributed by atoms with Crippen LogP contribution < -0.4 is 10.1 Å². The second kappa shape index (κ2) is 12.0. The third-order valence-corrected chi connectivity index (χ3v) is 4.85. The molecule has 0 aliphatic rings. The maximum absolute atomic E-state index is 13.0. The Morgan fingerprint density at radius 2 is 1.71 bits per heavy atom. The first-order valence-electron chi connectivity index (χ1n) is 11.1. The van der Waals surface area contributed by atoms with Crippen LogP contribution in [0.15, 0.2) is 48.5 Å². The molecule has 3 aromatic rings. The van der Waals surface area contributed by atoms with Gasteiger partial charge in [0.2, 0.25) is 0 Å². The zero-order valence-electron chi connectivity index (χ0n) is 19.7. The Balaban J connectivity index is 1.80. The lowest BCUT2D eigenvalue weighted by molar-refractivity contribution is -0.137. The van der Waals surface area contributed by atoms with Gasteiger partial charge in [-0.15, -0.1) is 5.10 Å². The van der Waals surface area contributed by atoms with Gasteiger partial charge in [-0.1, -0.05) is 12.1 Å². The van der Waals surface area contributed by atoms with Gasteiger partial charge in [0.1, 0.15) is 6.61 Å². The van der Waals surface area contributed by atoms with Crippen LogP contribution >= 0.6 is 0 Å². The molecular formula is C24H29F3N4O4. The molecule has 0 fully saturated rings. The third-order valence-electron chi connectivity index (χ3n) is 4.85. The van der Waals surface area contributed by atoms with E-state index in [2.05, 4.69) is 15.4 Å². The Hall–Kier alpha value is -3.15. The first kappa shape index (κ1) is 26.5. The van der Waals surface area contributed by atoms with E-state index in [9.17, 15) is 18.3 Å². The fourth-order valence-corrected chi connectivity index (χ4v) is 3.06. The highest BCUT2D eigenvalue weighted by Gasteiger charge is 2.30. The molecule has 0 radical (unpaired) electrons. The molecule has 1 heterocycles. The molecule has 2 aromatic carbocycles. The van der Waals surface area contributed by atoms with Crippen molar-refractivity contribution in [1.82, 2.24) is 14.8 Å². The Labute approximate surface area is 201 Å². The molecule has 0 aliphatic carbocycles. The van der Waals surface area contributed by atoms with Crippen molar-refractivity contribution < 1.29 is 32.5 Å². The number of benzene rings is 2. The molecule has 0 aliphatic heterocycles. The Morgan fingerprint density at radius 3 is 2.31 bits per heavy atom. The normalized spacial score (nSPS) is 12.7. The highest BCUT2D eigenvalue weighted by molar-refractivity contribution is 5.60. The van der Waals surface area contributed by atoms with E-state index in [-0.39, 0.29) is 25.3 Å². The molecule has 1 aromatic heterocycles. The molecule has 35 heavy (non-hydrogen) atoms. The van der Waals surface area contributed by atoms with Crippen LogP contribution in [-0.4, -0.2) is 65.6 Å². The van der Waals surface area contributed by atoms with Gasteiger partial charge in [-0.25, -0.2) is 4.68 Å². The smallest absolute Gasteiger partial charge is 0.416 e. The van der Waals surface area contributed by atoms with Crippen LogP contribution in [0.3, 0.4) is 0 Å². The summed E-state index contributed by atoms with van der Waals surface area (Å²) < 4.78 is 56.3. The van der Waals surface area contributed by atoms with E-state index in [1.807, 2.05) is 13.8 Å². The average Bonchev–Trinajstić information content (AvgIpc) is 3.25. The number of ether oxygens (including phenoxy) is 3. The largest absolute Gasteiger partial charge is 0.460 e. The third kappa shape index (κ3) is 7.67. The summed E-state index contributed by atoms with van der Waals surface area (Å²) in [6, 6.07) is 11.9. The van der Waals surface area contributed by atoms with Crippen LogP contribution in [0, 0.1) is 0 Å². The number of alkyl halides is 3. The fraction of sp³-hybridized carbons (Fsp3) is 0.417. The highest BCUT2D eigenvalue weighted by Crippen LogP contribution is 2.31. The molecule has 0 bridgehead atoms. The molecule has 3 rings (SSSR count). The molecular weight excluding hydrogens is 465 g/mol. The Morgan fingerprint density at radius 1 is 1.03 bits per heavy atom. The second-order valence-corrected chi connectivity index (χ2v) is 8.01. The summed E-state index contributed by atoms with van der Waals surface area (Å²) >= 11 is 0. The second-order valence-electron chi connectivity index (χ2n) is 8.01. The van der Waals surface area contributed by atoms with Crippen LogP contribution in [0.5, 0.6) is 6.01 Å². The molecule has 0 spiro atoms. The predicted octanol–water partition coefficient (Wildman–Crippen LogP) is 4.18. The maximum atomic E-state index is 13.0. The van der Waals surface area contributed by atoms with Crippen molar-refractivity contribution in [2.45, 2.75) is 32.2 Å². The van der Waals surface area contributed by atoms with Crippen molar-refractivity contribution in [2.24, 2.45) is 0 Å². The number of hydrogen-bond donors (Lipinski definition) is 2. The number of nitrogens with one attached hydrogen (secondary N) is 1. The standard InChI is InChI=1S/C24H29F3N4O4/c1-16(2)35-15-21(32)14-28-19-8-10-20(11-9-19)31-22(29-23(30-31)34-13-12-33-3)17-4-6-18(7-5-17)24(25,26)27/h4-11,16,21,28,32H,12-15H2,1-3H3. The van der Waals surface area contributed by atoms with E-state index in [1.165, 1.54) is 23.9 Å². The van der Waals surface area contributed by atoms with Crippen LogP contribution in [0.25, 0.3) is 17.1 Å². The first-order chi connectivity index (χ1) is 16.7. The molecule has 1 unspecified atom stereocenters. The number of rotatable bonds is 12. The van der Waals surface area contributed by atoms with Crippen molar-refractivity contribution >= 4 is 5.69 Å². The van der Waals surface area contributed by atoms with Gasteiger partial charge in [0, 0.05) is 24.9 Å². The molecule has 0 amide bonds. The minimum Gasteiger partial charge on any atom is -0.460 e. The van der Waals surface area contributed by atoms with Crippen molar-refractivity contribution in [3.63, 3.8) is 0 Å². The monoisotopic (exact) mass is 494 g/mol. The van der Waals surface area contributed by atoms with E-state index in [0.717, 1.165) is 17.8 Å². The number of halogens is 3. The maximum Gasteiger partial charge on any atom is 0.416 e. The molecule has 8 nitrogen and oxygen atoms in total. The van der Waals surface area contributed by atoms with Gasteiger partial charge >= 0.3 is 12.2 Å². The van der Waals surface area contributed by atoms with Gasteiger partial charge in [0.25, 0.3) is 0 Å². The molecule has 2 N–H and O–H groups in total. The SMILES string of the molecule is COCCOc1nc(-c2ccc(C(F)(F)F)cc2)n(-c2ccc(NCC(O)COC(C)C)cc2)n1. The summed E-state index contributed by atoms with van der Waals surface area (Å²) in [5.41, 5.74) is 1.09. The Kier molecular flexibility index (Phi) is 9.07. The number of aromatic nitrogens is 3. The van der Waals surface area contributed by atoms with E-state index >= 15 is 0 Å². The number of nitrogens with zero attached hydrogens (tertiary/aromatic N) is 3. The fourth-order valence-electron chi connectivity index (χ4n) is 3.06. The Bertz CT molecular complexity index is 1050. The van der Waals surface area contributed by atoms with Crippen LogP contribution in [0.1, 0.15) is 19.4 Å². The van der Waals surface area contributed by atoms with Gasteiger partial charge in [-0.3, -0.25) is 0 Å². The predicted molar refractivity (Wildman–Crippen MR) is 125 cm³/mol. The summed E-state index contributed by atoms with van der Waals surface area (Å²) in [7, 11) is 1.54. The van der Waals surface area contributed by atoms with E-state index in [0.29, 0.717) is 30.2 Å². The molecule has 0 saturated heterocycles. The number of aliphatic hydroxyl groups excluding tert-OH is 1. The first-order valence-corrected chi connectivity index (χ1v) is 11.1. The number of aliphatic hydroxyl groups is 1. The molecule has 1 atom stereocenters.